The van der Waals surface area contributed by atoms with Crippen LogP contribution in [0.15, 0.2) is 6.07 Å². The van der Waals surface area contributed by atoms with Crippen molar-refractivity contribution in [2.75, 3.05) is 5.32 Å². The van der Waals surface area contributed by atoms with E-state index in [4.69, 9.17) is 5.11 Å². The number of carboxylic acid groups (broad SMARTS) is 1. The lowest BCUT2D eigenvalue weighted by atomic mass is 10.1. The van der Waals surface area contributed by atoms with Gasteiger partial charge in [0, 0.05) is 24.6 Å². The van der Waals surface area contributed by atoms with E-state index in [0.29, 0.717) is 18.2 Å². The number of hydrogen-bond donors (Lipinski definition) is 3. The molecular formula is C11H17N3O3. The molecule has 0 aliphatic heterocycles. The van der Waals surface area contributed by atoms with Crippen LogP contribution in [0.4, 0.5) is 5.82 Å². The molecule has 6 nitrogen and oxygen atoms in total. The number of aromatic nitrogens is 2. The zero-order valence-corrected chi connectivity index (χ0v) is 9.99. The van der Waals surface area contributed by atoms with Crippen LogP contribution in [0.1, 0.15) is 44.7 Å². The average Bonchev–Trinajstić information content (AvgIpc) is 2.65. The quantitative estimate of drug-likeness (QED) is 0.704. The second kappa shape index (κ2) is 6.03. The molecule has 0 saturated carbocycles. The highest BCUT2D eigenvalue weighted by Gasteiger charge is 2.08. The van der Waals surface area contributed by atoms with E-state index in [0.717, 1.165) is 5.69 Å². The highest BCUT2D eigenvalue weighted by Crippen LogP contribution is 2.14. The normalized spacial score (nSPS) is 10.5. The molecule has 3 N–H and O–H groups in total. The number of carboxylic acids is 1. The molecule has 0 spiro atoms. The third kappa shape index (κ3) is 4.67. The molecule has 1 heterocycles. The number of carbonyl (C=O) groups excluding carboxylic acids is 1. The first kappa shape index (κ1) is 13.2. The van der Waals surface area contributed by atoms with E-state index in [1.807, 2.05) is 13.8 Å². The second-order valence-electron chi connectivity index (χ2n) is 4.16. The van der Waals surface area contributed by atoms with Crippen molar-refractivity contribution in [1.82, 2.24) is 10.2 Å². The third-order valence-electron chi connectivity index (χ3n) is 2.28. The summed E-state index contributed by atoms with van der Waals surface area (Å²) >= 11 is 0. The van der Waals surface area contributed by atoms with Gasteiger partial charge in [0.1, 0.15) is 0 Å². The molecule has 0 aliphatic carbocycles. The van der Waals surface area contributed by atoms with Gasteiger partial charge >= 0.3 is 5.97 Å². The van der Waals surface area contributed by atoms with Crippen molar-refractivity contribution in [3.8, 4) is 0 Å². The fourth-order valence-electron chi connectivity index (χ4n) is 1.30. The maximum absolute atomic E-state index is 11.4. The van der Waals surface area contributed by atoms with E-state index in [9.17, 15) is 9.59 Å². The van der Waals surface area contributed by atoms with Gasteiger partial charge in [-0.2, -0.15) is 5.10 Å². The minimum absolute atomic E-state index is 0.00519. The lowest BCUT2D eigenvalue weighted by Gasteiger charge is -2.00. The summed E-state index contributed by atoms with van der Waals surface area (Å²) in [4.78, 5) is 21.7. The van der Waals surface area contributed by atoms with Gasteiger partial charge in [-0.25, -0.2) is 0 Å². The molecule has 1 aromatic heterocycles. The molecule has 0 saturated heterocycles. The average molecular weight is 239 g/mol. The van der Waals surface area contributed by atoms with E-state index in [2.05, 4.69) is 15.5 Å². The zero-order chi connectivity index (χ0) is 12.8. The van der Waals surface area contributed by atoms with Crippen LogP contribution >= 0.6 is 0 Å². The summed E-state index contributed by atoms with van der Waals surface area (Å²) in [5.41, 5.74) is 0.950. The zero-order valence-electron chi connectivity index (χ0n) is 9.99. The van der Waals surface area contributed by atoms with Crippen molar-refractivity contribution in [2.45, 2.75) is 39.0 Å². The number of hydrogen-bond acceptors (Lipinski definition) is 3. The first-order chi connectivity index (χ1) is 7.99. The Hall–Kier alpha value is -1.85. The summed E-state index contributed by atoms with van der Waals surface area (Å²) in [6.45, 7) is 4.04. The van der Waals surface area contributed by atoms with E-state index >= 15 is 0 Å². The molecule has 0 bridgehead atoms. The van der Waals surface area contributed by atoms with Gasteiger partial charge in [0.15, 0.2) is 5.82 Å². The summed E-state index contributed by atoms with van der Waals surface area (Å²) in [5.74, 6) is -0.304. The number of nitrogens with one attached hydrogen (secondary N) is 2. The van der Waals surface area contributed by atoms with Crippen LogP contribution < -0.4 is 5.32 Å². The summed E-state index contributed by atoms with van der Waals surface area (Å²) < 4.78 is 0. The largest absolute Gasteiger partial charge is 0.481 e. The molecule has 1 rings (SSSR count). The van der Waals surface area contributed by atoms with Crippen molar-refractivity contribution in [3.05, 3.63) is 11.8 Å². The highest BCUT2D eigenvalue weighted by molar-refractivity contribution is 5.89. The van der Waals surface area contributed by atoms with Gasteiger partial charge in [-0.3, -0.25) is 14.7 Å². The summed E-state index contributed by atoms with van der Waals surface area (Å²) in [6.07, 6.45) is 0.532. The van der Waals surface area contributed by atoms with Gasteiger partial charge < -0.3 is 10.4 Å². The van der Waals surface area contributed by atoms with E-state index in [1.54, 1.807) is 6.07 Å². The van der Waals surface area contributed by atoms with Gasteiger partial charge in [-0.05, 0) is 12.3 Å². The smallest absolute Gasteiger partial charge is 0.303 e. The van der Waals surface area contributed by atoms with Gasteiger partial charge in [-0.15, -0.1) is 0 Å². The number of rotatable bonds is 6. The maximum atomic E-state index is 11.4. The summed E-state index contributed by atoms with van der Waals surface area (Å²) in [7, 11) is 0. The monoisotopic (exact) mass is 239 g/mol. The second-order valence-corrected chi connectivity index (χ2v) is 4.16. The van der Waals surface area contributed by atoms with E-state index < -0.39 is 5.97 Å². The van der Waals surface area contributed by atoms with E-state index in [1.165, 1.54) is 0 Å². The number of carbonyl (C=O) groups is 2. The van der Waals surface area contributed by atoms with Crippen LogP contribution in [0.25, 0.3) is 0 Å². The van der Waals surface area contributed by atoms with Gasteiger partial charge in [0.2, 0.25) is 5.91 Å². The lowest BCUT2D eigenvalue weighted by Crippen LogP contribution is -2.12. The van der Waals surface area contributed by atoms with Crippen molar-refractivity contribution in [1.29, 1.82) is 0 Å². The van der Waals surface area contributed by atoms with Gasteiger partial charge in [0.05, 0.1) is 0 Å². The Morgan fingerprint density at radius 2 is 2.18 bits per heavy atom. The maximum Gasteiger partial charge on any atom is 0.303 e. The number of aromatic amines is 1. The van der Waals surface area contributed by atoms with Crippen LogP contribution in [0, 0.1) is 0 Å². The number of anilines is 1. The highest BCUT2D eigenvalue weighted by atomic mass is 16.4. The molecule has 6 heteroatoms. The lowest BCUT2D eigenvalue weighted by molar-refractivity contribution is -0.137. The molecule has 0 radical (unpaired) electrons. The number of nitrogens with zero attached hydrogens (tertiary/aromatic N) is 1. The molecule has 0 aromatic carbocycles. The van der Waals surface area contributed by atoms with Crippen LogP contribution in [0.3, 0.4) is 0 Å². The third-order valence-corrected chi connectivity index (χ3v) is 2.28. The Morgan fingerprint density at radius 1 is 1.47 bits per heavy atom. The Bertz CT molecular complexity index is 398. The SMILES string of the molecule is CC(C)c1cc(NC(=O)CCCC(=O)O)n[nH]1. The van der Waals surface area contributed by atoms with E-state index in [-0.39, 0.29) is 18.7 Å². The predicted molar refractivity (Wildman–Crippen MR) is 62.8 cm³/mol. The summed E-state index contributed by atoms with van der Waals surface area (Å²) in [5, 5.41) is 17.8. The molecule has 1 amide bonds. The predicted octanol–water partition coefficient (Wildman–Crippen LogP) is 1.73. The van der Waals surface area contributed by atoms with Crippen molar-refractivity contribution < 1.29 is 14.7 Å². The molecule has 94 valence electrons. The minimum Gasteiger partial charge on any atom is -0.481 e. The molecule has 0 atom stereocenters. The molecule has 0 unspecified atom stereocenters. The van der Waals surface area contributed by atoms with Crippen molar-refractivity contribution in [2.24, 2.45) is 0 Å². The molecule has 17 heavy (non-hydrogen) atoms. The van der Waals surface area contributed by atoms with Crippen LogP contribution in [-0.4, -0.2) is 27.2 Å². The fourth-order valence-corrected chi connectivity index (χ4v) is 1.30. The topological polar surface area (TPSA) is 95.1 Å². The van der Waals surface area contributed by atoms with Crippen molar-refractivity contribution in [3.63, 3.8) is 0 Å². The van der Waals surface area contributed by atoms with Crippen LogP contribution in [-0.2, 0) is 9.59 Å². The Morgan fingerprint density at radius 3 is 2.71 bits per heavy atom. The molecule has 0 aliphatic rings. The Kier molecular flexibility index (Phi) is 4.68. The van der Waals surface area contributed by atoms with Crippen LogP contribution in [0.5, 0.6) is 0 Å². The number of H-pyrrole nitrogens is 1. The molecule has 1 aromatic rings. The summed E-state index contributed by atoms with van der Waals surface area (Å²) in [6, 6.07) is 1.78. The first-order valence-electron chi connectivity index (χ1n) is 5.56. The molecular weight excluding hydrogens is 222 g/mol. The first-order valence-corrected chi connectivity index (χ1v) is 5.56. The molecule has 0 fully saturated rings. The minimum atomic E-state index is -0.889. The van der Waals surface area contributed by atoms with Gasteiger partial charge in [0.25, 0.3) is 0 Å². The van der Waals surface area contributed by atoms with Crippen molar-refractivity contribution >= 4 is 17.7 Å². The van der Waals surface area contributed by atoms with Gasteiger partial charge in [-0.1, -0.05) is 13.8 Å². The number of aliphatic carboxylic acids is 1. The van der Waals surface area contributed by atoms with Crippen LogP contribution in [0.2, 0.25) is 0 Å². The fraction of sp³-hybridized carbons (Fsp3) is 0.545. The Balaban J connectivity index is 2.37. The number of amides is 1. The standard InChI is InChI=1S/C11H17N3O3/c1-7(2)8-6-9(14-13-8)12-10(15)4-3-5-11(16)17/h6-7H,3-5H2,1-2H3,(H,16,17)(H2,12,13,14,15). The Labute approximate surface area is 99.4 Å².